The number of carboxylic acid groups (broad SMARTS) is 1. The van der Waals surface area contributed by atoms with Crippen molar-refractivity contribution in [1.82, 2.24) is 0 Å². The third kappa shape index (κ3) is 6.96. The highest BCUT2D eigenvalue weighted by atomic mass is 16.8. The minimum absolute atomic E-state index is 0.188. The number of hydrogen-bond acceptors (Lipinski definition) is 14. The molecule has 256 valence electrons. The molecule has 1 saturated carbocycles. The van der Waals surface area contributed by atoms with Gasteiger partial charge in [-0.05, 0) is 41.8 Å². The van der Waals surface area contributed by atoms with Crippen LogP contribution in [0.25, 0.3) is 0 Å². The van der Waals surface area contributed by atoms with E-state index in [1.54, 1.807) is 36.5 Å². The second-order valence-corrected chi connectivity index (χ2v) is 11.6. The summed E-state index contributed by atoms with van der Waals surface area (Å²) in [6.45, 7) is 0.444. The van der Waals surface area contributed by atoms with Crippen molar-refractivity contribution in [3.05, 3.63) is 53.6 Å². The molecule has 2 heterocycles. The molecule has 1 amide bonds. The Morgan fingerprint density at radius 2 is 1.68 bits per heavy atom. The molecule has 0 radical (unpaired) electrons. The Hall–Kier alpha value is -3.71. The summed E-state index contributed by atoms with van der Waals surface area (Å²) in [5.41, 5.74) is 2.04. The fraction of sp³-hybridized carbons (Fsp3) is 0.516. The van der Waals surface area contributed by atoms with E-state index in [9.17, 15) is 45.3 Å². The first-order valence-corrected chi connectivity index (χ1v) is 14.8. The van der Waals surface area contributed by atoms with Crippen molar-refractivity contribution < 1.29 is 69.0 Å². The number of hydrogen-bond donors (Lipinski definition) is 8. The average molecular weight is 663 g/mol. The third-order valence-corrected chi connectivity index (χ3v) is 8.70. The van der Waals surface area contributed by atoms with Gasteiger partial charge in [0.2, 0.25) is 5.91 Å². The average Bonchev–Trinajstić information content (AvgIpc) is 3.18. The van der Waals surface area contributed by atoms with E-state index in [1.165, 1.54) is 19.2 Å². The molecule has 1 aliphatic carbocycles. The number of nitrogens with zero attached hydrogens (tertiary/aromatic N) is 1. The summed E-state index contributed by atoms with van der Waals surface area (Å²) < 4.78 is 26.7. The molecule has 8 N–H and O–H groups in total. The summed E-state index contributed by atoms with van der Waals surface area (Å²) in [5.74, 6) is -6.74. The molecule has 2 saturated heterocycles. The van der Waals surface area contributed by atoms with Crippen LogP contribution >= 0.6 is 0 Å². The van der Waals surface area contributed by atoms with Crippen molar-refractivity contribution in [2.45, 2.75) is 67.8 Å². The van der Waals surface area contributed by atoms with Gasteiger partial charge < -0.3 is 64.7 Å². The van der Waals surface area contributed by atoms with E-state index in [-0.39, 0.29) is 17.9 Å². The monoisotopic (exact) mass is 662 g/mol. The topological polar surface area (TPSA) is 246 Å². The molecule has 10 unspecified atom stereocenters. The Labute approximate surface area is 268 Å². The van der Waals surface area contributed by atoms with Crippen molar-refractivity contribution in [1.29, 1.82) is 0 Å². The van der Waals surface area contributed by atoms with E-state index in [0.29, 0.717) is 18.7 Å². The zero-order chi connectivity index (χ0) is 34.0. The first kappa shape index (κ1) is 34.6. The number of nitrogens with one attached hydrogen (secondary N) is 1. The number of ether oxygens (including phenoxy) is 5. The van der Waals surface area contributed by atoms with Crippen LogP contribution in [0.15, 0.2) is 47.5 Å². The number of aliphatic imine (C=N–C) groups is 1. The fourth-order valence-electron chi connectivity index (χ4n) is 6.25. The molecule has 11 atom stereocenters. The zero-order valence-electron chi connectivity index (χ0n) is 25.4. The van der Waals surface area contributed by atoms with Crippen molar-refractivity contribution in [2.75, 3.05) is 26.1 Å². The van der Waals surface area contributed by atoms with Crippen LogP contribution in [-0.2, 0) is 39.7 Å². The number of amides is 1. The number of fused-ring (bicyclic) bond motifs is 1. The molecule has 16 heteroatoms. The van der Waals surface area contributed by atoms with Crippen LogP contribution in [-0.4, -0.2) is 130 Å². The van der Waals surface area contributed by atoms with Gasteiger partial charge in [-0.3, -0.25) is 9.79 Å². The zero-order valence-corrected chi connectivity index (χ0v) is 25.4. The SMILES string of the molecule is COC1OC(C(=O)O)[C@H](OC2OC3(O)C(CC(=O)Nc4ccc(C=NCCc5ccc(O)c(O)c5)cc4)C(OC)C(O)C23)C(O)C1O. The van der Waals surface area contributed by atoms with Gasteiger partial charge in [0.15, 0.2) is 36.0 Å². The maximum atomic E-state index is 13.0. The Morgan fingerprint density at radius 3 is 2.32 bits per heavy atom. The maximum Gasteiger partial charge on any atom is 0.335 e. The molecule has 0 spiro atoms. The summed E-state index contributed by atoms with van der Waals surface area (Å²) in [6.07, 6.45) is -10.3. The highest BCUT2D eigenvalue weighted by molar-refractivity contribution is 5.91. The smallest absolute Gasteiger partial charge is 0.335 e. The molecule has 5 rings (SSSR count). The van der Waals surface area contributed by atoms with Gasteiger partial charge in [-0.1, -0.05) is 18.2 Å². The molecular formula is C31H38N2O14. The first-order chi connectivity index (χ1) is 22.4. The minimum atomic E-state index is -2.09. The number of anilines is 1. The number of aliphatic carboxylic acids is 1. The quantitative estimate of drug-likeness (QED) is 0.104. The number of carbonyl (C=O) groups excluding carboxylic acids is 1. The molecule has 3 fully saturated rings. The molecule has 3 aliphatic rings. The standard InChI is InChI=1S/C31H38N2O14/c1-43-25-17(12-20(36)33-16-6-3-15(4-7-16)13-32-10-9-14-5-8-18(34)19(35)11-14)31(42)21(22(25)37)29(47-31)45-26-23(38)24(39)30(44-2)46-27(26)28(40)41/h3-8,11,13,17,21-27,29-30,34-35,37-39,42H,9-10,12H2,1-2H3,(H,33,36)(H,40,41)/t17?,21?,22?,23?,24?,25?,26-,27?,29?,30?,31?/m1/s1. The summed E-state index contributed by atoms with van der Waals surface area (Å²) in [6, 6.07) is 11.4. The number of aliphatic hydroxyl groups is 4. The lowest BCUT2D eigenvalue weighted by Crippen LogP contribution is -2.68. The van der Waals surface area contributed by atoms with Gasteiger partial charge in [0.25, 0.3) is 0 Å². The van der Waals surface area contributed by atoms with Crippen LogP contribution in [0.5, 0.6) is 11.5 Å². The van der Waals surface area contributed by atoms with Gasteiger partial charge >= 0.3 is 5.97 Å². The van der Waals surface area contributed by atoms with E-state index in [2.05, 4.69) is 10.3 Å². The number of phenols is 2. The van der Waals surface area contributed by atoms with E-state index >= 15 is 0 Å². The predicted molar refractivity (Wildman–Crippen MR) is 159 cm³/mol. The summed E-state index contributed by atoms with van der Waals surface area (Å²) in [4.78, 5) is 29.2. The lowest BCUT2D eigenvalue weighted by Gasteiger charge is -2.52. The molecule has 2 aliphatic heterocycles. The molecule has 2 aromatic carbocycles. The van der Waals surface area contributed by atoms with Crippen molar-refractivity contribution in [3.8, 4) is 11.5 Å². The second kappa shape index (κ2) is 14.2. The summed E-state index contributed by atoms with van der Waals surface area (Å²) >= 11 is 0. The summed E-state index contributed by atoms with van der Waals surface area (Å²) in [7, 11) is 2.45. The summed E-state index contributed by atoms with van der Waals surface area (Å²) in [5, 5.41) is 74.5. The van der Waals surface area contributed by atoms with Gasteiger partial charge in [-0.15, -0.1) is 0 Å². The highest BCUT2D eigenvalue weighted by Gasteiger charge is 2.72. The first-order valence-electron chi connectivity index (χ1n) is 14.8. The molecule has 2 aromatic rings. The number of rotatable bonds is 12. The number of methoxy groups -OCH3 is 2. The predicted octanol–water partition coefficient (Wildman–Crippen LogP) is -0.682. The highest BCUT2D eigenvalue weighted by Crippen LogP contribution is 2.55. The Kier molecular flexibility index (Phi) is 10.4. The van der Waals surface area contributed by atoms with E-state index in [1.807, 2.05) is 0 Å². The third-order valence-electron chi connectivity index (χ3n) is 8.70. The maximum absolute atomic E-state index is 13.0. The second-order valence-electron chi connectivity index (χ2n) is 11.6. The van der Waals surface area contributed by atoms with Crippen molar-refractivity contribution >= 4 is 23.8 Å². The molecule has 16 nitrogen and oxygen atoms in total. The van der Waals surface area contributed by atoms with Crippen LogP contribution in [0.2, 0.25) is 0 Å². The number of carboxylic acids is 1. The van der Waals surface area contributed by atoms with Crippen LogP contribution in [0, 0.1) is 11.8 Å². The largest absolute Gasteiger partial charge is 0.504 e. The van der Waals surface area contributed by atoms with E-state index in [4.69, 9.17) is 23.7 Å². The van der Waals surface area contributed by atoms with Crippen molar-refractivity contribution in [2.24, 2.45) is 16.8 Å². The van der Waals surface area contributed by atoms with Crippen LogP contribution in [0.3, 0.4) is 0 Å². The number of aromatic hydroxyl groups is 2. The van der Waals surface area contributed by atoms with Gasteiger partial charge in [0.05, 0.1) is 24.0 Å². The molecule has 0 aromatic heterocycles. The van der Waals surface area contributed by atoms with Crippen LogP contribution in [0.4, 0.5) is 5.69 Å². The van der Waals surface area contributed by atoms with Gasteiger partial charge in [0.1, 0.15) is 18.3 Å². The molecular weight excluding hydrogens is 624 g/mol. The van der Waals surface area contributed by atoms with Crippen LogP contribution < -0.4 is 5.32 Å². The van der Waals surface area contributed by atoms with E-state index < -0.39 is 78.7 Å². The number of benzene rings is 2. The normalized spacial score (nSPS) is 34.9. The van der Waals surface area contributed by atoms with Gasteiger partial charge in [-0.2, -0.15) is 0 Å². The van der Waals surface area contributed by atoms with E-state index in [0.717, 1.165) is 18.2 Å². The lowest BCUT2D eigenvalue weighted by molar-refractivity contribution is -0.453. The fourth-order valence-corrected chi connectivity index (χ4v) is 6.25. The lowest BCUT2D eigenvalue weighted by atomic mass is 9.86. The Morgan fingerprint density at radius 1 is 0.957 bits per heavy atom. The molecule has 0 bridgehead atoms. The number of carbonyl (C=O) groups is 2. The number of phenolic OH excluding ortho intramolecular Hbond substituents is 2. The van der Waals surface area contributed by atoms with Gasteiger partial charge in [0, 0.05) is 39.1 Å². The molecule has 47 heavy (non-hydrogen) atoms. The minimum Gasteiger partial charge on any atom is -0.504 e. The van der Waals surface area contributed by atoms with Crippen LogP contribution in [0.1, 0.15) is 17.5 Å². The van der Waals surface area contributed by atoms with Gasteiger partial charge in [-0.25, -0.2) is 4.79 Å². The number of aliphatic hydroxyl groups excluding tert-OH is 3. The Bertz CT molecular complexity index is 1460. The Balaban J connectivity index is 1.17. The van der Waals surface area contributed by atoms with Crippen molar-refractivity contribution in [3.63, 3.8) is 0 Å².